The molecule has 24 heavy (non-hydrogen) atoms. The Bertz CT molecular complexity index is 703. The summed E-state index contributed by atoms with van der Waals surface area (Å²) in [6.45, 7) is 10.9. The average Bonchev–Trinajstić information content (AvgIpc) is 2.57. The van der Waals surface area contributed by atoms with Gasteiger partial charge in [0.25, 0.3) is 0 Å². The number of anilines is 3. The summed E-state index contributed by atoms with van der Waals surface area (Å²) in [5.41, 5.74) is 4.68. The molecule has 4 heteroatoms. The number of nitrogens with one attached hydrogen (secondary N) is 1. The van der Waals surface area contributed by atoms with Crippen molar-refractivity contribution in [1.82, 2.24) is 9.97 Å². The van der Waals surface area contributed by atoms with E-state index in [2.05, 4.69) is 60.2 Å². The molecule has 0 saturated carbocycles. The van der Waals surface area contributed by atoms with Crippen molar-refractivity contribution in [3.63, 3.8) is 0 Å². The van der Waals surface area contributed by atoms with Crippen LogP contribution < -0.4 is 10.2 Å². The van der Waals surface area contributed by atoms with E-state index in [0.717, 1.165) is 42.6 Å². The fraction of sp³-hybridized carbons (Fsp3) is 0.500. The third-order valence-electron chi connectivity index (χ3n) is 4.93. The van der Waals surface area contributed by atoms with Crippen molar-refractivity contribution in [1.29, 1.82) is 0 Å². The highest BCUT2D eigenvalue weighted by atomic mass is 15.2. The zero-order valence-corrected chi connectivity index (χ0v) is 15.3. The van der Waals surface area contributed by atoms with Crippen LogP contribution in [0.4, 0.5) is 17.5 Å². The number of aromatic nitrogens is 2. The molecule has 1 aromatic carbocycles. The molecule has 2 aromatic rings. The second-order valence-electron chi connectivity index (χ2n) is 6.95. The molecule has 0 spiro atoms. The first-order valence-electron chi connectivity index (χ1n) is 9.03. The summed E-state index contributed by atoms with van der Waals surface area (Å²) in [7, 11) is 0. The Balaban J connectivity index is 1.87. The normalized spacial score (nSPS) is 15.6. The summed E-state index contributed by atoms with van der Waals surface area (Å²) in [4.78, 5) is 11.8. The summed E-state index contributed by atoms with van der Waals surface area (Å²) in [5, 5.41) is 3.47. The number of hydrogen-bond acceptors (Lipinski definition) is 4. The molecule has 0 unspecified atom stereocenters. The zero-order chi connectivity index (χ0) is 17.1. The molecule has 3 rings (SSSR count). The predicted molar refractivity (Wildman–Crippen MR) is 101 cm³/mol. The van der Waals surface area contributed by atoms with Crippen molar-refractivity contribution in [3.8, 4) is 0 Å². The average molecular weight is 324 g/mol. The topological polar surface area (TPSA) is 41.1 Å². The molecule has 0 bridgehead atoms. The van der Waals surface area contributed by atoms with Crippen LogP contribution in [-0.2, 0) is 6.42 Å². The molecule has 1 aliphatic heterocycles. The van der Waals surface area contributed by atoms with Crippen LogP contribution >= 0.6 is 0 Å². The smallest absolute Gasteiger partial charge is 0.229 e. The summed E-state index contributed by atoms with van der Waals surface area (Å²) in [6.07, 6.45) is 3.47. The number of piperidine rings is 1. The van der Waals surface area contributed by atoms with E-state index in [0.29, 0.717) is 5.95 Å². The molecule has 1 aliphatic rings. The summed E-state index contributed by atoms with van der Waals surface area (Å²) in [5.74, 6) is 2.57. The van der Waals surface area contributed by atoms with Gasteiger partial charge in [0.1, 0.15) is 5.82 Å². The Hall–Kier alpha value is -2.10. The van der Waals surface area contributed by atoms with Gasteiger partial charge in [-0.05, 0) is 50.2 Å². The van der Waals surface area contributed by atoms with Crippen molar-refractivity contribution in [2.24, 2.45) is 5.92 Å². The monoisotopic (exact) mass is 324 g/mol. The van der Waals surface area contributed by atoms with Crippen LogP contribution in [0.15, 0.2) is 24.3 Å². The van der Waals surface area contributed by atoms with Gasteiger partial charge in [0, 0.05) is 30.5 Å². The van der Waals surface area contributed by atoms with E-state index in [1.165, 1.54) is 24.0 Å². The molecule has 0 amide bonds. The fourth-order valence-corrected chi connectivity index (χ4v) is 3.32. The van der Waals surface area contributed by atoms with E-state index in [1.807, 2.05) is 6.92 Å². The minimum absolute atomic E-state index is 0.702. The van der Waals surface area contributed by atoms with Gasteiger partial charge in [-0.25, -0.2) is 4.98 Å². The maximum atomic E-state index is 4.80. The van der Waals surface area contributed by atoms with E-state index in [9.17, 15) is 0 Å². The Kier molecular flexibility index (Phi) is 5.03. The number of para-hydroxylation sites is 1. The number of benzene rings is 1. The Morgan fingerprint density at radius 2 is 1.92 bits per heavy atom. The maximum absolute atomic E-state index is 4.80. The van der Waals surface area contributed by atoms with Gasteiger partial charge in [0.15, 0.2) is 0 Å². The molecule has 1 N–H and O–H groups in total. The van der Waals surface area contributed by atoms with Crippen molar-refractivity contribution in [3.05, 3.63) is 41.1 Å². The van der Waals surface area contributed by atoms with Crippen LogP contribution in [0.3, 0.4) is 0 Å². The lowest BCUT2D eigenvalue weighted by molar-refractivity contribution is 0.436. The number of nitrogens with zero attached hydrogens (tertiary/aromatic N) is 3. The standard InChI is InChI=1S/C20H28N4/c1-5-17-8-6-7-15(3)19(17)23-20-21-16(4)13-18(22-20)24-11-9-14(2)10-12-24/h6-8,13-14H,5,9-12H2,1-4H3,(H,21,22,23). The highest BCUT2D eigenvalue weighted by Gasteiger charge is 2.18. The Labute approximate surface area is 145 Å². The van der Waals surface area contributed by atoms with Crippen molar-refractivity contribution < 1.29 is 0 Å². The molecule has 1 fully saturated rings. The molecular formula is C20H28N4. The largest absolute Gasteiger partial charge is 0.356 e. The SMILES string of the molecule is CCc1cccc(C)c1Nc1nc(C)cc(N2CCC(C)CC2)n1. The van der Waals surface area contributed by atoms with E-state index in [4.69, 9.17) is 4.98 Å². The minimum Gasteiger partial charge on any atom is -0.356 e. The van der Waals surface area contributed by atoms with Crippen molar-refractivity contribution in [2.75, 3.05) is 23.3 Å². The first-order chi connectivity index (χ1) is 11.6. The lowest BCUT2D eigenvalue weighted by Gasteiger charge is -2.31. The summed E-state index contributed by atoms with van der Waals surface area (Å²) >= 11 is 0. The number of hydrogen-bond donors (Lipinski definition) is 1. The van der Waals surface area contributed by atoms with Gasteiger partial charge in [0.05, 0.1) is 0 Å². The highest BCUT2D eigenvalue weighted by Crippen LogP contribution is 2.26. The van der Waals surface area contributed by atoms with Crippen LogP contribution in [0.1, 0.15) is 43.5 Å². The summed E-state index contributed by atoms with van der Waals surface area (Å²) in [6, 6.07) is 8.50. The van der Waals surface area contributed by atoms with Crippen LogP contribution in [0.25, 0.3) is 0 Å². The number of aryl methyl sites for hydroxylation is 3. The van der Waals surface area contributed by atoms with Gasteiger partial charge in [0.2, 0.25) is 5.95 Å². The molecule has 4 nitrogen and oxygen atoms in total. The second kappa shape index (κ2) is 7.20. The third kappa shape index (κ3) is 3.69. The highest BCUT2D eigenvalue weighted by molar-refractivity contribution is 5.64. The first kappa shape index (κ1) is 16.7. The van der Waals surface area contributed by atoms with E-state index >= 15 is 0 Å². The van der Waals surface area contributed by atoms with Gasteiger partial charge >= 0.3 is 0 Å². The van der Waals surface area contributed by atoms with E-state index in [-0.39, 0.29) is 0 Å². The van der Waals surface area contributed by atoms with Gasteiger partial charge in [-0.3, -0.25) is 0 Å². The van der Waals surface area contributed by atoms with E-state index in [1.54, 1.807) is 0 Å². The molecule has 2 heterocycles. The van der Waals surface area contributed by atoms with Crippen LogP contribution in [0.2, 0.25) is 0 Å². The Morgan fingerprint density at radius 3 is 2.62 bits per heavy atom. The minimum atomic E-state index is 0.702. The number of rotatable bonds is 4. The second-order valence-corrected chi connectivity index (χ2v) is 6.95. The Morgan fingerprint density at radius 1 is 1.17 bits per heavy atom. The molecule has 1 saturated heterocycles. The quantitative estimate of drug-likeness (QED) is 0.890. The molecule has 0 atom stereocenters. The summed E-state index contributed by atoms with van der Waals surface area (Å²) < 4.78 is 0. The molecule has 1 aromatic heterocycles. The van der Waals surface area contributed by atoms with Gasteiger partial charge < -0.3 is 10.2 Å². The van der Waals surface area contributed by atoms with Crippen LogP contribution in [-0.4, -0.2) is 23.1 Å². The van der Waals surface area contributed by atoms with Gasteiger partial charge in [-0.2, -0.15) is 4.98 Å². The third-order valence-corrected chi connectivity index (χ3v) is 4.93. The van der Waals surface area contributed by atoms with Crippen LogP contribution in [0, 0.1) is 19.8 Å². The lowest BCUT2D eigenvalue weighted by Crippen LogP contribution is -2.33. The fourth-order valence-electron chi connectivity index (χ4n) is 3.32. The molecule has 0 aliphatic carbocycles. The van der Waals surface area contributed by atoms with Crippen molar-refractivity contribution in [2.45, 2.75) is 47.0 Å². The maximum Gasteiger partial charge on any atom is 0.229 e. The molecular weight excluding hydrogens is 296 g/mol. The van der Waals surface area contributed by atoms with Crippen LogP contribution in [0.5, 0.6) is 0 Å². The van der Waals surface area contributed by atoms with Gasteiger partial charge in [-0.15, -0.1) is 0 Å². The first-order valence-corrected chi connectivity index (χ1v) is 9.03. The lowest BCUT2D eigenvalue weighted by atomic mass is 9.99. The van der Waals surface area contributed by atoms with Crippen molar-refractivity contribution >= 4 is 17.5 Å². The molecule has 128 valence electrons. The molecule has 0 radical (unpaired) electrons. The van der Waals surface area contributed by atoms with E-state index < -0.39 is 0 Å². The zero-order valence-electron chi connectivity index (χ0n) is 15.3. The van der Waals surface area contributed by atoms with Gasteiger partial charge in [-0.1, -0.05) is 32.0 Å². The predicted octanol–water partition coefficient (Wildman–Crippen LogP) is 4.64.